The minimum atomic E-state index is -0.250. The summed E-state index contributed by atoms with van der Waals surface area (Å²) in [7, 11) is 2.20. The number of aromatic nitrogens is 3. The minimum Gasteiger partial charge on any atom is -0.483 e. The molecule has 0 spiro atoms. The Morgan fingerprint density at radius 3 is 2.83 bits per heavy atom. The second-order valence-electron chi connectivity index (χ2n) is 7.93. The number of likely N-dealkylation sites (tertiary alicyclic amines) is 1. The number of aryl methyl sites for hydroxylation is 1. The Morgan fingerprint density at radius 1 is 1.41 bits per heavy atom. The van der Waals surface area contributed by atoms with Crippen LogP contribution in [0.5, 0.6) is 0 Å². The zero-order chi connectivity index (χ0) is 20.5. The summed E-state index contributed by atoms with van der Waals surface area (Å²) in [4.78, 5) is 29.4. The number of carboxylic acid groups (broad SMARTS) is 1. The first-order valence-corrected chi connectivity index (χ1v) is 10.5. The molecule has 1 aromatic carbocycles. The van der Waals surface area contributed by atoms with Gasteiger partial charge in [-0.15, -0.1) is 11.3 Å². The molecular weight excluding hydrogens is 388 g/mol. The zero-order valence-corrected chi connectivity index (χ0v) is 17.3. The maximum atomic E-state index is 13.0. The van der Waals surface area contributed by atoms with Gasteiger partial charge >= 0.3 is 0 Å². The standard InChI is InChI=1S/C20H22N4OS.CH2O2/c1-11-9-21-20(26-11)12-3-4-17-16(7-12)19(23-22-17)18(25)8-13-5-15-6-14(13)10-24(15)2;2-1-3/h3-4,7,9,13-15H,5-6,8,10H2,1-2H3,(H,22,23);1H,(H,2,3). The number of benzene rings is 1. The Morgan fingerprint density at radius 2 is 2.21 bits per heavy atom. The minimum absolute atomic E-state index is 0.170. The van der Waals surface area contributed by atoms with Crippen molar-refractivity contribution in [2.24, 2.45) is 11.8 Å². The number of piperidine rings is 1. The number of H-pyrrole nitrogens is 1. The van der Waals surface area contributed by atoms with Crippen molar-refractivity contribution in [1.29, 1.82) is 0 Å². The highest BCUT2D eigenvalue weighted by molar-refractivity contribution is 7.14. The fourth-order valence-corrected chi connectivity index (χ4v) is 5.48. The predicted molar refractivity (Wildman–Crippen MR) is 112 cm³/mol. The maximum Gasteiger partial charge on any atom is 0.290 e. The summed E-state index contributed by atoms with van der Waals surface area (Å²) in [5, 5.41) is 16.2. The van der Waals surface area contributed by atoms with Gasteiger partial charge in [0, 0.05) is 41.0 Å². The number of thiazole rings is 1. The average Bonchev–Trinajstić information content (AvgIpc) is 3.45. The lowest BCUT2D eigenvalue weighted by molar-refractivity contribution is -0.122. The van der Waals surface area contributed by atoms with Gasteiger partial charge in [-0.2, -0.15) is 5.10 Å². The van der Waals surface area contributed by atoms with Crippen LogP contribution in [0.2, 0.25) is 0 Å². The van der Waals surface area contributed by atoms with E-state index >= 15 is 0 Å². The predicted octanol–water partition coefficient (Wildman–Crippen LogP) is 3.61. The number of carbonyl (C=O) groups is 2. The number of carbonyl (C=O) groups excluding carboxylic acids is 1. The molecule has 1 saturated heterocycles. The molecule has 2 aromatic heterocycles. The van der Waals surface area contributed by atoms with Gasteiger partial charge in [0.05, 0.1) is 5.52 Å². The van der Waals surface area contributed by atoms with E-state index in [-0.39, 0.29) is 12.3 Å². The summed E-state index contributed by atoms with van der Waals surface area (Å²) in [6, 6.07) is 6.77. The van der Waals surface area contributed by atoms with Crippen LogP contribution in [0.4, 0.5) is 0 Å². The summed E-state index contributed by atoms with van der Waals surface area (Å²) >= 11 is 1.67. The van der Waals surface area contributed by atoms with Crippen LogP contribution < -0.4 is 0 Å². The maximum absolute atomic E-state index is 13.0. The number of hydrogen-bond acceptors (Lipinski definition) is 6. The van der Waals surface area contributed by atoms with Crippen molar-refractivity contribution in [3.8, 4) is 10.6 Å². The second-order valence-corrected chi connectivity index (χ2v) is 9.16. The van der Waals surface area contributed by atoms with Crippen LogP contribution in [-0.2, 0) is 4.79 Å². The van der Waals surface area contributed by atoms with Crippen molar-refractivity contribution in [1.82, 2.24) is 20.1 Å². The number of ketones is 1. The van der Waals surface area contributed by atoms with Crippen LogP contribution in [0.3, 0.4) is 0 Å². The van der Waals surface area contributed by atoms with Gasteiger partial charge in [0.1, 0.15) is 10.7 Å². The van der Waals surface area contributed by atoms with Crippen LogP contribution in [-0.4, -0.2) is 57.1 Å². The van der Waals surface area contributed by atoms with E-state index in [9.17, 15) is 4.79 Å². The van der Waals surface area contributed by atoms with Crippen molar-refractivity contribution in [2.75, 3.05) is 13.6 Å². The van der Waals surface area contributed by atoms with Gasteiger partial charge in [0.25, 0.3) is 6.47 Å². The summed E-state index contributed by atoms with van der Waals surface area (Å²) in [5.74, 6) is 1.36. The first kappa shape index (κ1) is 19.7. The smallest absolute Gasteiger partial charge is 0.290 e. The third-order valence-electron chi connectivity index (χ3n) is 6.10. The van der Waals surface area contributed by atoms with E-state index in [1.807, 2.05) is 18.3 Å². The summed E-state index contributed by atoms with van der Waals surface area (Å²) in [6.07, 6.45) is 4.91. The molecule has 2 bridgehead atoms. The number of fused-ring (bicyclic) bond motifs is 3. The van der Waals surface area contributed by atoms with Crippen molar-refractivity contribution in [2.45, 2.75) is 32.2 Å². The molecule has 0 amide bonds. The summed E-state index contributed by atoms with van der Waals surface area (Å²) in [5.41, 5.74) is 2.55. The Bertz CT molecular complexity index is 1040. The highest BCUT2D eigenvalue weighted by atomic mass is 32.1. The van der Waals surface area contributed by atoms with Gasteiger partial charge in [-0.1, -0.05) is 0 Å². The van der Waals surface area contributed by atoms with Gasteiger partial charge in [0.2, 0.25) is 0 Å². The lowest BCUT2D eigenvalue weighted by atomic mass is 9.88. The number of nitrogens with zero attached hydrogens (tertiary/aromatic N) is 3. The van der Waals surface area contributed by atoms with Crippen LogP contribution in [0.25, 0.3) is 21.5 Å². The number of aromatic amines is 1. The second kappa shape index (κ2) is 8.04. The van der Waals surface area contributed by atoms with Gasteiger partial charge in [0.15, 0.2) is 5.78 Å². The summed E-state index contributed by atoms with van der Waals surface area (Å²) < 4.78 is 0. The van der Waals surface area contributed by atoms with E-state index < -0.39 is 0 Å². The number of nitrogens with one attached hydrogen (secondary N) is 1. The van der Waals surface area contributed by atoms with E-state index in [1.165, 1.54) is 11.3 Å². The van der Waals surface area contributed by atoms with Crippen LogP contribution in [0.1, 0.15) is 34.6 Å². The third kappa shape index (κ3) is 3.82. The number of rotatable bonds is 4. The van der Waals surface area contributed by atoms with Crippen molar-refractivity contribution >= 4 is 34.5 Å². The molecule has 0 radical (unpaired) electrons. The van der Waals surface area contributed by atoms with Crippen molar-refractivity contribution in [3.63, 3.8) is 0 Å². The molecule has 3 unspecified atom stereocenters. The van der Waals surface area contributed by atoms with Gasteiger partial charge in [-0.05, 0) is 56.8 Å². The SMILES string of the molecule is Cc1cnc(-c2ccc3[nH]nc(C(=O)CC4CC5CC4CN5C)c3c2)s1.O=CO. The molecule has 5 rings (SSSR count). The van der Waals surface area contributed by atoms with Crippen molar-refractivity contribution in [3.05, 3.63) is 35.0 Å². The lowest BCUT2D eigenvalue weighted by Gasteiger charge is -2.27. The molecule has 2 N–H and O–H groups in total. The van der Waals surface area contributed by atoms with Gasteiger partial charge < -0.3 is 10.0 Å². The molecule has 2 fully saturated rings. The fraction of sp³-hybridized carbons (Fsp3) is 0.429. The number of Topliss-reactive ketones (excluding diaryl/α,β-unsaturated/α-hetero) is 1. The van der Waals surface area contributed by atoms with E-state index in [4.69, 9.17) is 9.90 Å². The quantitative estimate of drug-likeness (QED) is 0.502. The third-order valence-corrected chi connectivity index (χ3v) is 7.07. The topological polar surface area (TPSA) is 99.2 Å². The molecule has 1 aliphatic carbocycles. The highest BCUT2D eigenvalue weighted by Gasteiger charge is 2.43. The van der Waals surface area contributed by atoms with Crippen LogP contribution in [0, 0.1) is 18.8 Å². The fourth-order valence-electron chi connectivity index (χ4n) is 4.72. The molecule has 8 heteroatoms. The Kier molecular flexibility index (Phi) is 5.47. The van der Waals surface area contributed by atoms with E-state index in [0.717, 1.165) is 34.4 Å². The van der Waals surface area contributed by atoms with E-state index in [1.54, 1.807) is 11.3 Å². The molecule has 3 atom stereocenters. The molecule has 1 saturated carbocycles. The first-order valence-electron chi connectivity index (χ1n) is 9.72. The average molecular weight is 413 g/mol. The van der Waals surface area contributed by atoms with Crippen molar-refractivity contribution < 1.29 is 14.7 Å². The molecule has 152 valence electrons. The highest BCUT2D eigenvalue weighted by Crippen LogP contribution is 2.43. The van der Waals surface area contributed by atoms with Gasteiger partial charge in [-0.25, -0.2) is 4.98 Å². The largest absolute Gasteiger partial charge is 0.483 e. The Hall–Kier alpha value is -2.58. The zero-order valence-electron chi connectivity index (χ0n) is 16.5. The molecular formula is C21H24N4O3S. The lowest BCUT2D eigenvalue weighted by Crippen LogP contribution is -2.32. The molecule has 2 aliphatic rings. The van der Waals surface area contributed by atoms with Crippen LogP contribution in [0.15, 0.2) is 24.4 Å². The Labute approximate surface area is 172 Å². The van der Waals surface area contributed by atoms with Crippen LogP contribution >= 0.6 is 11.3 Å². The monoisotopic (exact) mass is 412 g/mol. The molecule has 29 heavy (non-hydrogen) atoms. The summed E-state index contributed by atoms with van der Waals surface area (Å²) in [6.45, 7) is 2.94. The Balaban J connectivity index is 0.000000645. The molecule has 3 aromatic rings. The molecule has 1 aliphatic heterocycles. The number of hydrogen-bond donors (Lipinski definition) is 2. The normalized spacial score (nSPS) is 23.2. The molecule has 7 nitrogen and oxygen atoms in total. The van der Waals surface area contributed by atoms with Gasteiger partial charge in [-0.3, -0.25) is 14.7 Å². The van der Waals surface area contributed by atoms with E-state index in [2.05, 4.69) is 40.1 Å². The first-order chi connectivity index (χ1) is 14.0. The van der Waals surface area contributed by atoms with E-state index in [0.29, 0.717) is 30.0 Å². The molecule has 3 heterocycles.